The van der Waals surface area contributed by atoms with Gasteiger partial charge in [-0.05, 0) is 60.2 Å². The van der Waals surface area contributed by atoms with Crippen LogP contribution in [-0.4, -0.2) is 116 Å². The van der Waals surface area contributed by atoms with Gasteiger partial charge in [-0.1, -0.05) is 75.2 Å². The highest BCUT2D eigenvalue weighted by Gasteiger charge is 2.85. The lowest BCUT2D eigenvalue weighted by molar-refractivity contribution is -0.144. The quantitative estimate of drug-likeness (QED) is 0.197. The lowest BCUT2D eigenvalue weighted by Crippen LogP contribution is -2.62. The molecule has 0 aromatic heterocycles. The molecule has 52 heavy (non-hydrogen) atoms. The molecule has 4 aliphatic rings. The maximum Gasteiger partial charge on any atom is 0.315 e. The van der Waals surface area contributed by atoms with Gasteiger partial charge in [-0.25, -0.2) is 4.79 Å². The van der Waals surface area contributed by atoms with E-state index in [1.807, 2.05) is 48.5 Å². The Morgan fingerprint density at radius 2 is 1.48 bits per heavy atom. The maximum atomic E-state index is 14.8. The number of hydrogen-bond acceptors (Lipinski definition) is 7. The van der Waals surface area contributed by atoms with Crippen LogP contribution in [0.25, 0.3) is 0 Å². The molecule has 4 rings (SSSR count). The van der Waals surface area contributed by atoms with Gasteiger partial charge in [0.15, 0.2) is 0 Å². The molecule has 3 aliphatic carbocycles. The van der Waals surface area contributed by atoms with Gasteiger partial charge in [0, 0.05) is 51.7 Å². The average molecular weight is 752 g/mol. The summed E-state index contributed by atoms with van der Waals surface area (Å²) < 4.78 is 27.9. The van der Waals surface area contributed by atoms with Crippen LogP contribution < -0.4 is 21.3 Å². The summed E-state index contributed by atoms with van der Waals surface area (Å²) in [4.78, 5) is 70.5. The zero-order valence-electron chi connectivity index (χ0n) is 33.6. The minimum atomic E-state index is -3.75. The lowest BCUT2D eigenvalue weighted by atomic mass is 9.73. The zero-order valence-corrected chi connectivity index (χ0v) is 34.4. The number of rotatable bonds is 14. The van der Waals surface area contributed by atoms with Crippen LogP contribution in [0, 0.1) is 27.1 Å². The number of Topliss-reactive ketones (excluding diaryl/α,β-unsaturated/α-hetero) is 1. The summed E-state index contributed by atoms with van der Waals surface area (Å²) in [6.07, 6.45) is 6.07. The third kappa shape index (κ3) is 7.73. The number of nitrogens with zero attached hydrogens (tertiary/aromatic N) is 3. The van der Waals surface area contributed by atoms with E-state index >= 15 is 0 Å². The molecular weight excluding hydrogens is 687 g/mol. The second-order valence-corrected chi connectivity index (χ2v) is 20.9. The Kier molecular flexibility index (Phi) is 11.7. The SMILES string of the molecule is CCC[C@H](NC(=O)[C@@H]1C[C@@]2(CN1C(=O)[C@@H](NC(=O)N[C@H](CN(C)S(=O)(=O)N(C)C)C(C)(C)C)C(C)(C)C)C(C)(C)C21CCC1)C(=O)C(=O)NC1CC1. The van der Waals surface area contributed by atoms with Crippen LogP contribution >= 0.6 is 0 Å². The second-order valence-electron chi connectivity index (χ2n) is 18.7. The predicted octanol–water partition coefficient (Wildman–Crippen LogP) is 2.78. The van der Waals surface area contributed by atoms with Crippen molar-refractivity contribution in [2.45, 2.75) is 144 Å². The number of nitrogens with one attached hydrogen (secondary N) is 4. The number of carbonyl (C=O) groups is 5. The van der Waals surface area contributed by atoms with E-state index in [-0.39, 0.29) is 35.3 Å². The Bertz CT molecular complexity index is 1520. The van der Waals surface area contributed by atoms with E-state index in [1.54, 1.807) is 4.90 Å². The molecule has 0 radical (unpaired) electrons. The molecule has 3 saturated carbocycles. The number of ketones is 1. The fourth-order valence-electron chi connectivity index (χ4n) is 8.84. The van der Waals surface area contributed by atoms with Crippen molar-refractivity contribution in [1.82, 2.24) is 34.8 Å². The first-order valence-electron chi connectivity index (χ1n) is 18.9. The zero-order chi connectivity index (χ0) is 39.4. The first kappa shape index (κ1) is 42.0. The Labute approximate surface area is 311 Å². The van der Waals surface area contributed by atoms with Crippen molar-refractivity contribution in [1.29, 1.82) is 0 Å². The molecule has 5 atom stereocenters. The summed E-state index contributed by atoms with van der Waals surface area (Å²) >= 11 is 0. The number of likely N-dealkylation sites (N-methyl/N-ethyl adjacent to an activating group) is 1. The van der Waals surface area contributed by atoms with E-state index in [2.05, 4.69) is 35.1 Å². The summed E-state index contributed by atoms with van der Waals surface area (Å²) in [6, 6.07) is -4.20. The largest absolute Gasteiger partial charge is 0.347 e. The van der Waals surface area contributed by atoms with Gasteiger partial charge in [0.1, 0.15) is 12.1 Å². The third-order valence-corrected chi connectivity index (χ3v) is 14.6. The highest BCUT2D eigenvalue weighted by Crippen LogP contribution is 2.88. The second kappa shape index (κ2) is 14.5. The molecule has 4 N–H and O–H groups in total. The van der Waals surface area contributed by atoms with E-state index in [0.29, 0.717) is 19.4 Å². The molecule has 0 bridgehead atoms. The molecule has 2 spiro atoms. The van der Waals surface area contributed by atoms with Gasteiger partial charge < -0.3 is 26.2 Å². The molecular formula is C37H65N7O7S. The predicted molar refractivity (Wildman–Crippen MR) is 199 cm³/mol. The van der Waals surface area contributed by atoms with Crippen LogP contribution in [0.2, 0.25) is 0 Å². The first-order chi connectivity index (χ1) is 23.8. The average Bonchev–Trinajstić information content (AvgIpc) is 3.82. The smallest absolute Gasteiger partial charge is 0.315 e. The fraction of sp³-hybridized carbons (Fsp3) is 0.865. The summed E-state index contributed by atoms with van der Waals surface area (Å²) in [5.41, 5.74) is -1.72. The minimum Gasteiger partial charge on any atom is -0.347 e. The van der Waals surface area contributed by atoms with Crippen molar-refractivity contribution in [3.05, 3.63) is 0 Å². The molecule has 1 aliphatic heterocycles. The Morgan fingerprint density at radius 3 is 1.92 bits per heavy atom. The molecule has 0 unspecified atom stereocenters. The summed E-state index contributed by atoms with van der Waals surface area (Å²) in [5, 5.41) is 11.4. The summed E-state index contributed by atoms with van der Waals surface area (Å²) in [5.74, 6) is -2.25. The Morgan fingerprint density at radius 1 is 0.885 bits per heavy atom. The molecule has 15 heteroatoms. The first-order valence-corrected chi connectivity index (χ1v) is 20.3. The van der Waals surface area contributed by atoms with Gasteiger partial charge in [0.25, 0.3) is 16.1 Å². The van der Waals surface area contributed by atoms with Crippen molar-refractivity contribution in [2.75, 3.05) is 34.2 Å². The van der Waals surface area contributed by atoms with Crippen molar-refractivity contribution in [3.8, 4) is 0 Å². The number of amides is 5. The molecule has 0 aromatic carbocycles. The molecule has 0 aromatic rings. The highest BCUT2D eigenvalue weighted by atomic mass is 32.2. The van der Waals surface area contributed by atoms with Crippen LogP contribution in [0.5, 0.6) is 0 Å². The van der Waals surface area contributed by atoms with Crippen LogP contribution in [0.15, 0.2) is 0 Å². The standard InChI is InChI=1S/C37H65N7O7S/c1-13-15-24(27(45)30(47)38-23-16-17-23)39-29(46)25-20-37(35(8,9)36(37)18-14-19-36)22-44(25)31(48)28(34(5,6)7)41-32(49)40-26(33(2,3)4)21-43(12)52(50,51)42(10)11/h23-26,28H,13-22H2,1-12H3,(H,38,47)(H,39,46)(H2,40,41,49)/t24-,25-,26+,28+,37+/m0/s1. The molecule has 296 valence electrons. The van der Waals surface area contributed by atoms with Crippen LogP contribution in [0.4, 0.5) is 4.79 Å². The molecule has 4 fully saturated rings. The van der Waals surface area contributed by atoms with Crippen molar-refractivity contribution >= 4 is 39.7 Å². The fourth-order valence-corrected chi connectivity index (χ4v) is 9.74. The van der Waals surface area contributed by atoms with Crippen LogP contribution in [0.3, 0.4) is 0 Å². The lowest BCUT2D eigenvalue weighted by Gasteiger charge is -2.38. The Balaban J connectivity index is 1.60. The monoisotopic (exact) mass is 751 g/mol. The highest BCUT2D eigenvalue weighted by molar-refractivity contribution is 7.86. The number of hydrogen-bond donors (Lipinski definition) is 4. The number of urea groups is 1. The topological polar surface area (TPSA) is 177 Å². The van der Waals surface area contributed by atoms with Crippen molar-refractivity contribution < 1.29 is 32.4 Å². The molecule has 5 amide bonds. The number of carbonyl (C=O) groups excluding carboxylic acids is 5. The van der Waals surface area contributed by atoms with E-state index in [4.69, 9.17) is 0 Å². The van der Waals surface area contributed by atoms with Crippen LogP contribution in [0.1, 0.15) is 114 Å². The minimum absolute atomic E-state index is 0.00213. The van der Waals surface area contributed by atoms with Gasteiger partial charge in [0.05, 0.1) is 6.04 Å². The van der Waals surface area contributed by atoms with Crippen LogP contribution in [-0.2, 0) is 29.4 Å². The third-order valence-electron chi connectivity index (χ3n) is 12.8. The van der Waals surface area contributed by atoms with Gasteiger partial charge >= 0.3 is 6.03 Å². The molecule has 14 nitrogen and oxygen atoms in total. The number of likely N-dealkylation sites (tertiary alicyclic amines) is 1. The van der Waals surface area contributed by atoms with Crippen molar-refractivity contribution in [2.24, 2.45) is 27.1 Å². The Hall–Kier alpha value is -2.78. The normalized spacial score (nSPS) is 25.3. The number of fused-ring (bicyclic) bond motifs is 1. The van der Waals surface area contributed by atoms with Crippen molar-refractivity contribution in [3.63, 3.8) is 0 Å². The van der Waals surface area contributed by atoms with E-state index in [0.717, 1.165) is 36.4 Å². The maximum absolute atomic E-state index is 14.8. The van der Waals surface area contributed by atoms with Gasteiger partial charge in [-0.15, -0.1) is 0 Å². The molecule has 1 heterocycles. The summed E-state index contributed by atoms with van der Waals surface area (Å²) in [6.45, 7) is 17.9. The van der Waals surface area contributed by atoms with E-state index < -0.39 is 74.7 Å². The van der Waals surface area contributed by atoms with Gasteiger partial charge in [0.2, 0.25) is 17.6 Å². The van der Waals surface area contributed by atoms with Gasteiger partial charge in [-0.3, -0.25) is 19.2 Å². The van der Waals surface area contributed by atoms with Gasteiger partial charge in [-0.2, -0.15) is 17.0 Å². The van der Waals surface area contributed by atoms with E-state index in [1.165, 1.54) is 25.4 Å². The van der Waals surface area contributed by atoms with E-state index in [9.17, 15) is 32.4 Å². The molecule has 1 saturated heterocycles. The summed E-state index contributed by atoms with van der Waals surface area (Å²) in [7, 11) is 0.590.